The molecule has 15 nitrogen and oxygen atoms in total. The summed E-state index contributed by atoms with van der Waals surface area (Å²) in [5.74, 6) is 4.14. The van der Waals surface area contributed by atoms with Crippen LogP contribution >= 0.6 is 22.6 Å². The van der Waals surface area contributed by atoms with Gasteiger partial charge in [0.15, 0.2) is 11.3 Å². The van der Waals surface area contributed by atoms with E-state index in [9.17, 15) is 5.11 Å². The first-order valence-corrected chi connectivity index (χ1v) is 34.3. The molecule has 103 heavy (non-hydrogen) atoms. The number of aromatic hydroxyl groups is 1. The van der Waals surface area contributed by atoms with E-state index in [-0.39, 0.29) is 5.75 Å². The van der Waals surface area contributed by atoms with Crippen molar-refractivity contribution in [3.63, 3.8) is 0 Å². The van der Waals surface area contributed by atoms with Crippen LogP contribution in [0.2, 0.25) is 0 Å². The molecule has 19 rings (SSSR count). The first-order chi connectivity index (χ1) is 50.9. The van der Waals surface area contributed by atoms with Crippen LogP contribution in [0.5, 0.6) is 17.2 Å². The van der Waals surface area contributed by atoms with E-state index >= 15 is 0 Å². The molecule has 8 heterocycles. The molecule has 0 aliphatic carbocycles. The smallest absolute Gasteiger partial charge is 0.178 e. The number of rotatable bonds is 13. The van der Waals surface area contributed by atoms with Gasteiger partial charge in [0.25, 0.3) is 0 Å². The van der Waals surface area contributed by atoms with Crippen molar-refractivity contribution in [2.45, 2.75) is 0 Å². The number of imidazole rings is 2. The second-order valence-electron chi connectivity index (χ2n) is 23.7. The van der Waals surface area contributed by atoms with E-state index in [0.29, 0.717) is 17.1 Å². The summed E-state index contributed by atoms with van der Waals surface area (Å²) in [4.78, 5) is 28.3. The Labute approximate surface area is 605 Å². The second-order valence-corrected chi connectivity index (χ2v) is 24.9. The molecule has 0 bridgehead atoms. The standard InChI is InChI=1S/C32H22N4O2.C23H15IN2O.C23H16N2O.C9H8N2O/c1-2-9-23(10-3-1)36(31-15-6-7-16-34-31)25-20-28-27-13-4-5-14-29(27)38-32(28)30(21-25)37-26-12-8-11-24(19-26)35-18-17-33-22-35;24-20-15-17(14-19-18-10-4-5-11-21(18)27-23(19)20)26(16-8-2-1-3-9-16)22-12-6-7-13-25-22;1-2-8-17(9-3-1)25(23-12-6-7-15-24-23)18-13-14-22-20(16-18)19-10-4-5-11-21(19)26-22;12-9-3-1-2-8(6-9)11-5-4-10-7-11/h1-22H;1-15H;1-16H;1-7,12H. The Bertz CT molecular complexity index is 5910. The number of nitrogens with zero attached hydrogens (tertiary/aromatic N) is 10. The van der Waals surface area contributed by atoms with Crippen molar-refractivity contribution in [3.05, 3.63) is 369 Å². The van der Waals surface area contributed by atoms with Crippen LogP contribution in [0.1, 0.15) is 0 Å². The molecule has 0 aliphatic rings. The van der Waals surface area contributed by atoms with Crippen LogP contribution in [0, 0.1) is 3.57 Å². The molecule has 8 aromatic heterocycles. The lowest BCUT2D eigenvalue weighted by molar-refractivity contribution is 0.475. The third-order valence-corrected chi connectivity index (χ3v) is 17.9. The lowest BCUT2D eigenvalue weighted by atomic mass is 10.1. The van der Waals surface area contributed by atoms with Crippen LogP contribution < -0.4 is 19.4 Å². The molecule has 0 unspecified atom stereocenters. The van der Waals surface area contributed by atoms with Gasteiger partial charge in [0.05, 0.1) is 33.3 Å². The van der Waals surface area contributed by atoms with Gasteiger partial charge in [-0.1, -0.05) is 140 Å². The van der Waals surface area contributed by atoms with Crippen molar-refractivity contribution in [1.82, 2.24) is 34.1 Å². The lowest BCUT2D eigenvalue weighted by Gasteiger charge is -2.24. The Morgan fingerprint density at radius 2 is 0.748 bits per heavy atom. The monoisotopic (exact) mass is 1450 g/mol. The molecular formula is C87H61IN10O5. The average Bonchev–Trinajstić information content (AvgIpc) is 1.66. The average molecular weight is 1450 g/mol. The predicted molar refractivity (Wildman–Crippen MR) is 420 cm³/mol. The minimum Gasteiger partial charge on any atom is -0.508 e. The van der Waals surface area contributed by atoms with Gasteiger partial charge in [0, 0.05) is 122 Å². The fourth-order valence-corrected chi connectivity index (χ4v) is 13.2. The summed E-state index contributed by atoms with van der Waals surface area (Å²) in [5.41, 5.74) is 13.1. The number of para-hydroxylation sites is 6. The van der Waals surface area contributed by atoms with E-state index < -0.39 is 0 Å². The molecule has 0 amide bonds. The predicted octanol–water partition coefficient (Wildman–Crippen LogP) is 23.5. The highest BCUT2D eigenvalue weighted by atomic mass is 127. The highest BCUT2D eigenvalue weighted by Gasteiger charge is 2.23. The zero-order chi connectivity index (χ0) is 69.3. The maximum atomic E-state index is 9.18. The zero-order valence-corrected chi connectivity index (χ0v) is 57.2. The van der Waals surface area contributed by atoms with Crippen molar-refractivity contribution in [1.29, 1.82) is 0 Å². The van der Waals surface area contributed by atoms with Crippen molar-refractivity contribution in [2.24, 2.45) is 0 Å². The van der Waals surface area contributed by atoms with Crippen LogP contribution in [-0.2, 0) is 0 Å². The summed E-state index contributed by atoms with van der Waals surface area (Å²) in [5, 5.41) is 15.6. The maximum absolute atomic E-state index is 9.18. The van der Waals surface area contributed by atoms with Gasteiger partial charge in [0.2, 0.25) is 0 Å². The van der Waals surface area contributed by atoms with Crippen LogP contribution in [0.4, 0.5) is 51.6 Å². The van der Waals surface area contributed by atoms with Crippen molar-refractivity contribution in [3.8, 4) is 28.6 Å². The largest absolute Gasteiger partial charge is 0.508 e. The number of pyridine rings is 3. The molecule has 0 aliphatic heterocycles. The van der Waals surface area contributed by atoms with Gasteiger partial charge in [-0.05, 0) is 174 Å². The molecule has 496 valence electrons. The third kappa shape index (κ3) is 13.8. The van der Waals surface area contributed by atoms with Crippen LogP contribution in [0.3, 0.4) is 0 Å². The van der Waals surface area contributed by atoms with Crippen molar-refractivity contribution in [2.75, 3.05) is 14.7 Å². The van der Waals surface area contributed by atoms with Crippen LogP contribution in [0.15, 0.2) is 379 Å². The van der Waals surface area contributed by atoms with Crippen LogP contribution in [0.25, 0.3) is 77.2 Å². The third-order valence-electron chi connectivity index (χ3n) is 17.1. The van der Waals surface area contributed by atoms with E-state index in [4.69, 9.17) is 18.0 Å². The SMILES string of the molecule is Ic1cc(N(c2ccccc2)c2ccccn2)cc2c1oc1ccccc12.Oc1cccc(-n2ccnc2)c1.c1ccc(N(c2cc(Oc3cccc(-n4ccnc4)c3)c3oc4ccccc4c3c2)c2ccccn2)cc1.c1ccc(N(c2ccc3oc4ccccc4c3c2)c2ccccn2)cc1. The molecule has 11 aromatic carbocycles. The van der Waals surface area contributed by atoms with Gasteiger partial charge in [-0.3, -0.25) is 14.7 Å². The first-order valence-electron chi connectivity index (χ1n) is 33.2. The Morgan fingerprint density at radius 3 is 1.25 bits per heavy atom. The Balaban J connectivity index is 0.000000112. The van der Waals surface area contributed by atoms with E-state index in [1.165, 1.54) is 0 Å². The molecule has 19 aromatic rings. The molecule has 0 fully saturated rings. The van der Waals surface area contributed by atoms with E-state index in [2.05, 4.69) is 147 Å². The molecule has 0 radical (unpaired) electrons. The van der Waals surface area contributed by atoms with Crippen LogP contribution in [-0.4, -0.2) is 39.2 Å². The number of halogens is 1. The highest BCUT2D eigenvalue weighted by molar-refractivity contribution is 14.1. The second kappa shape index (κ2) is 29.5. The number of ether oxygens (including phenoxy) is 1. The van der Waals surface area contributed by atoms with E-state index in [1.54, 1.807) is 49.4 Å². The zero-order valence-electron chi connectivity index (χ0n) is 55.1. The fourth-order valence-electron chi connectivity index (χ4n) is 12.5. The Morgan fingerprint density at radius 1 is 0.320 bits per heavy atom. The Kier molecular flexibility index (Phi) is 18.3. The Hall–Kier alpha value is -13.6. The van der Waals surface area contributed by atoms with E-state index in [0.717, 1.165) is 127 Å². The fraction of sp³-hybridized carbons (Fsp3) is 0. The molecule has 0 saturated carbocycles. The summed E-state index contributed by atoms with van der Waals surface area (Å²) in [6.45, 7) is 0. The minimum atomic E-state index is 0.265. The van der Waals surface area contributed by atoms with Gasteiger partial charge in [0.1, 0.15) is 56.9 Å². The molecule has 16 heteroatoms. The quantitative estimate of drug-likeness (QED) is 0.109. The molecule has 0 saturated heterocycles. The lowest BCUT2D eigenvalue weighted by Crippen LogP contribution is -2.11. The number of phenolic OH excluding ortho intramolecular Hbond substituents is 1. The molecule has 0 atom stereocenters. The molecule has 1 N–H and O–H groups in total. The van der Waals surface area contributed by atoms with Gasteiger partial charge in [-0.2, -0.15) is 0 Å². The summed E-state index contributed by atoms with van der Waals surface area (Å²) < 4.78 is 29.8. The number of phenols is 1. The van der Waals surface area contributed by atoms with Crippen molar-refractivity contribution < 1.29 is 23.1 Å². The normalized spacial score (nSPS) is 11.0. The number of benzene rings is 11. The first kappa shape index (κ1) is 64.1. The molecular weight excluding hydrogens is 1390 g/mol. The number of hydrogen-bond acceptors (Lipinski definition) is 13. The maximum Gasteiger partial charge on any atom is 0.178 e. The van der Waals surface area contributed by atoms with Gasteiger partial charge < -0.3 is 32.2 Å². The van der Waals surface area contributed by atoms with Gasteiger partial charge in [-0.15, -0.1) is 0 Å². The summed E-state index contributed by atoms with van der Waals surface area (Å²) >= 11 is 2.35. The summed E-state index contributed by atoms with van der Waals surface area (Å²) in [7, 11) is 0. The summed E-state index contributed by atoms with van der Waals surface area (Å²) in [6, 6.07) is 103. The number of furan rings is 3. The highest BCUT2D eigenvalue weighted by Crippen LogP contribution is 2.45. The van der Waals surface area contributed by atoms with Gasteiger partial charge in [-0.25, -0.2) is 24.9 Å². The number of fused-ring (bicyclic) bond motifs is 9. The topological polar surface area (TPSA) is 153 Å². The summed E-state index contributed by atoms with van der Waals surface area (Å²) in [6.07, 6.45) is 16.1. The number of anilines is 9. The van der Waals surface area contributed by atoms with Gasteiger partial charge >= 0.3 is 0 Å². The van der Waals surface area contributed by atoms with E-state index in [1.807, 2.05) is 240 Å². The minimum absolute atomic E-state index is 0.265. The number of hydrogen-bond donors (Lipinski definition) is 1. The number of aromatic nitrogens is 7. The molecule has 0 spiro atoms. The van der Waals surface area contributed by atoms with Crippen molar-refractivity contribution >= 4 is 140 Å².